The molecule has 0 saturated carbocycles. The first-order chi connectivity index (χ1) is 7.58. The molecule has 1 aliphatic carbocycles. The first-order valence-electron chi connectivity index (χ1n) is 5.45. The van der Waals surface area contributed by atoms with Gasteiger partial charge in [0.2, 0.25) is 0 Å². The van der Waals surface area contributed by atoms with Crippen LogP contribution in [-0.2, 0) is 0 Å². The van der Waals surface area contributed by atoms with E-state index in [0.29, 0.717) is 29.7 Å². The first kappa shape index (κ1) is 10.9. The molecule has 2 rings (SSSR count). The number of ether oxygens (including phenoxy) is 1. The molecular weight excluding hydrogens is 204 g/mol. The first-order valence-corrected chi connectivity index (χ1v) is 5.45. The highest BCUT2D eigenvalue weighted by atomic mass is 16.5. The summed E-state index contributed by atoms with van der Waals surface area (Å²) in [6, 6.07) is 5.11. The molecule has 3 nitrogen and oxygen atoms in total. The summed E-state index contributed by atoms with van der Waals surface area (Å²) in [7, 11) is 0. The average molecular weight is 218 g/mol. The van der Waals surface area contributed by atoms with Crippen LogP contribution in [0.25, 0.3) is 0 Å². The minimum absolute atomic E-state index is 0.0313. The van der Waals surface area contributed by atoms with Crippen LogP contribution in [0.2, 0.25) is 0 Å². The zero-order chi connectivity index (χ0) is 11.7. The van der Waals surface area contributed by atoms with Crippen molar-refractivity contribution in [3.05, 3.63) is 29.3 Å². The number of fused-ring (bicyclic) bond motifs is 1. The molecule has 84 valence electrons. The van der Waals surface area contributed by atoms with E-state index in [4.69, 9.17) is 4.74 Å². The molecule has 0 aliphatic heterocycles. The van der Waals surface area contributed by atoms with Crippen molar-refractivity contribution in [2.45, 2.75) is 32.8 Å². The third kappa shape index (κ3) is 1.98. The Balaban J connectivity index is 2.40. The van der Waals surface area contributed by atoms with Crippen molar-refractivity contribution in [3.8, 4) is 5.75 Å². The number of carbonyl (C=O) groups is 2. The molecule has 0 atom stereocenters. The van der Waals surface area contributed by atoms with E-state index in [9.17, 15) is 9.59 Å². The maximum Gasteiger partial charge on any atom is 0.164 e. The highest BCUT2D eigenvalue weighted by molar-refractivity contribution is 6.13. The summed E-state index contributed by atoms with van der Waals surface area (Å²) < 4.78 is 5.50. The Morgan fingerprint density at radius 3 is 2.31 bits per heavy atom. The maximum atomic E-state index is 11.7. The van der Waals surface area contributed by atoms with Crippen LogP contribution in [0.5, 0.6) is 5.75 Å². The molecule has 0 amide bonds. The topological polar surface area (TPSA) is 43.4 Å². The SMILES string of the molecule is CC(C)Oc1ccc2c(c1)C(=O)CCC2=O. The number of rotatable bonds is 2. The second kappa shape index (κ2) is 4.08. The van der Waals surface area contributed by atoms with E-state index < -0.39 is 0 Å². The summed E-state index contributed by atoms with van der Waals surface area (Å²) in [4.78, 5) is 23.2. The van der Waals surface area contributed by atoms with Gasteiger partial charge in [0.05, 0.1) is 6.10 Å². The van der Waals surface area contributed by atoms with Gasteiger partial charge in [-0.3, -0.25) is 9.59 Å². The molecule has 0 bridgehead atoms. The van der Waals surface area contributed by atoms with Crippen LogP contribution in [0.15, 0.2) is 18.2 Å². The number of Topliss-reactive ketones (excluding diaryl/α,β-unsaturated/α-hetero) is 2. The van der Waals surface area contributed by atoms with Gasteiger partial charge in [-0.2, -0.15) is 0 Å². The van der Waals surface area contributed by atoms with Crippen LogP contribution in [0.3, 0.4) is 0 Å². The number of ketones is 2. The number of hydrogen-bond donors (Lipinski definition) is 0. The standard InChI is InChI=1S/C13H14O3/c1-8(2)16-9-3-4-10-11(7-9)13(15)6-5-12(10)14/h3-4,7-8H,5-6H2,1-2H3. The van der Waals surface area contributed by atoms with Gasteiger partial charge in [0.25, 0.3) is 0 Å². The van der Waals surface area contributed by atoms with E-state index in [1.54, 1.807) is 18.2 Å². The van der Waals surface area contributed by atoms with Gasteiger partial charge in [-0.25, -0.2) is 0 Å². The van der Waals surface area contributed by atoms with Crippen molar-refractivity contribution >= 4 is 11.6 Å². The molecule has 1 aromatic rings. The van der Waals surface area contributed by atoms with Crippen LogP contribution >= 0.6 is 0 Å². The predicted octanol–water partition coefficient (Wildman–Crippen LogP) is 2.63. The van der Waals surface area contributed by atoms with Gasteiger partial charge >= 0.3 is 0 Å². The van der Waals surface area contributed by atoms with Crippen molar-refractivity contribution in [2.24, 2.45) is 0 Å². The van der Waals surface area contributed by atoms with Gasteiger partial charge < -0.3 is 4.74 Å². The Morgan fingerprint density at radius 2 is 1.69 bits per heavy atom. The molecule has 0 radical (unpaired) electrons. The molecule has 16 heavy (non-hydrogen) atoms. The predicted molar refractivity (Wildman–Crippen MR) is 60.1 cm³/mol. The lowest BCUT2D eigenvalue weighted by Gasteiger charge is -2.16. The number of hydrogen-bond acceptors (Lipinski definition) is 3. The van der Waals surface area contributed by atoms with Crippen molar-refractivity contribution in [2.75, 3.05) is 0 Å². The Labute approximate surface area is 94.4 Å². The Hall–Kier alpha value is -1.64. The molecule has 0 fully saturated rings. The van der Waals surface area contributed by atoms with Crippen LogP contribution in [0, 0.1) is 0 Å². The van der Waals surface area contributed by atoms with E-state index in [1.807, 2.05) is 13.8 Å². The monoisotopic (exact) mass is 218 g/mol. The minimum Gasteiger partial charge on any atom is -0.491 e. The van der Waals surface area contributed by atoms with Gasteiger partial charge in [-0.05, 0) is 32.0 Å². The Morgan fingerprint density at radius 1 is 1.06 bits per heavy atom. The molecule has 0 aromatic heterocycles. The Kier molecular flexibility index (Phi) is 2.77. The van der Waals surface area contributed by atoms with Crippen LogP contribution < -0.4 is 4.74 Å². The van der Waals surface area contributed by atoms with E-state index in [-0.39, 0.29) is 17.7 Å². The fourth-order valence-electron chi connectivity index (χ4n) is 1.84. The zero-order valence-corrected chi connectivity index (χ0v) is 9.45. The molecule has 3 heteroatoms. The summed E-state index contributed by atoms with van der Waals surface area (Å²) in [5.74, 6) is 0.728. The van der Waals surface area contributed by atoms with Crippen LogP contribution in [0.4, 0.5) is 0 Å². The zero-order valence-electron chi connectivity index (χ0n) is 9.45. The summed E-state index contributed by atoms with van der Waals surface area (Å²) in [5, 5.41) is 0. The second-order valence-corrected chi connectivity index (χ2v) is 4.22. The molecule has 0 spiro atoms. The number of benzene rings is 1. The summed E-state index contributed by atoms with van der Waals surface area (Å²) >= 11 is 0. The van der Waals surface area contributed by atoms with Gasteiger partial charge in [-0.1, -0.05) is 0 Å². The second-order valence-electron chi connectivity index (χ2n) is 4.22. The van der Waals surface area contributed by atoms with Crippen molar-refractivity contribution in [1.82, 2.24) is 0 Å². The smallest absolute Gasteiger partial charge is 0.164 e. The van der Waals surface area contributed by atoms with Crippen molar-refractivity contribution in [1.29, 1.82) is 0 Å². The summed E-state index contributed by atoms with van der Waals surface area (Å²) in [6.07, 6.45) is 0.708. The average Bonchev–Trinajstić information content (AvgIpc) is 2.23. The lowest BCUT2D eigenvalue weighted by atomic mass is 9.89. The molecule has 1 aromatic carbocycles. The molecule has 0 saturated heterocycles. The third-order valence-electron chi connectivity index (χ3n) is 2.54. The molecule has 0 heterocycles. The Bertz CT molecular complexity index is 446. The number of carbonyl (C=O) groups excluding carboxylic acids is 2. The highest BCUT2D eigenvalue weighted by Gasteiger charge is 2.23. The third-order valence-corrected chi connectivity index (χ3v) is 2.54. The highest BCUT2D eigenvalue weighted by Crippen LogP contribution is 2.25. The minimum atomic E-state index is 0.0313. The fraction of sp³-hybridized carbons (Fsp3) is 0.385. The quantitative estimate of drug-likeness (QED) is 0.766. The van der Waals surface area contributed by atoms with E-state index in [1.165, 1.54) is 0 Å². The van der Waals surface area contributed by atoms with Crippen LogP contribution in [-0.4, -0.2) is 17.7 Å². The van der Waals surface area contributed by atoms with Gasteiger partial charge in [0.15, 0.2) is 11.6 Å². The van der Waals surface area contributed by atoms with Gasteiger partial charge in [0, 0.05) is 24.0 Å². The van der Waals surface area contributed by atoms with E-state index >= 15 is 0 Å². The summed E-state index contributed by atoms with van der Waals surface area (Å²) in [6.45, 7) is 3.85. The summed E-state index contributed by atoms with van der Waals surface area (Å²) in [5.41, 5.74) is 1.04. The fourth-order valence-corrected chi connectivity index (χ4v) is 1.84. The van der Waals surface area contributed by atoms with E-state index in [2.05, 4.69) is 0 Å². The van der Waals surface area contributed by atoms with Crippen molar-refractivity contribution < 1.29 is 14.3 Å². The molecule has 0 unspecified atom stereocenters. The lowest BCUT2D eigenvalue weighted by Crippen LogP contribution is -2.17. The largest absolute Gasteiger partial charge is 0.491 e. The van der Waals surface area contributed by atoms with Crippen LogP contribution in [0.1, 0.15) is 47.4 Å². The normalized spacial score (nSPS) is 15.2. The van der Waals surface area contributed by atoms with Gasteiger partial charge in [0.1, 0.15) is 5.75 Å². The maximum absolute atomic E-state index is 11.7. The van der Waals surface area contributed by atoms with Crippen molar-refractivity contribution in [3.63, 3.8) is 0 Å². The van der Waals surface area contributed by atoms with Gasteiger partial charge in [-0.15, -0.1) is 0 Å². The molecular formula is C13H14O3. The molecule has 1 aliphatic rings. The lowest BCUT2D eigenvalue weighted by molar-refractivity contribution is 0.0890. The molecule has 0 N–H and O–H groups in total. The van der Waals surface area contributed by atoms with E-state index in [0.717, 1.165) is 0 Å².